The predicted octanol–water partition coefficient (Wildman–Crippen LogP) is 3.73. The van der Waals surface area contributed by atoms with Crippen molar-refractivity contribution in [2.45, 2.75) is 57.4 Å². The average Bonchev–Trinajstić information content (AvgIpc) is 3.49. The summed E-state index contributed by atoms with van der Waals surface area (Å²) in [6, 6.07) is 11.7. The molecule has 0 radical (unpaired) electrons. The molecule has 0 N–H and O–H groups in total. The number of carbonyl (C=O) groups excluding carboxylic acids is 1. The van der Waals surface area contributed by atoms with E-state index in [2.05, 4.69) is 40.1 Å². The first-order valence-electron chi connectivity index (χ1n) is 10.3. The number of benzene rings is 1. The van der Waals surface area contributed by atoms with Crippen LogP contribution < -0.4 is 0 Å². The van der Waals surface area contributed by atoms with Gasteiger partial charge in [-0.2, -0.15) is 0 Å². The summed E-state index contributed by atoms with van der Waals surface area (Å²) in [7, 11) is 0. The van der Waals surface area contributed by atoms with Crippen molar-refractivity contribution in [2.24, 2.45) is 11.8 Å². The molecule has 25 heavy (non-hydrogen) atoms. The van der Waals surface area contributed by atoms with E-state index in [1.165, 1.54) is 63.6 Å². The van der Waals surface area contributed by atoms with E-state index < -0.39 is 0 Å². The number of carbonyl (C=O) groups is 1. The van der Waals surface area contributed by atoms with Crippen molar-refractivity contribution in [3.63, 3.8) is 0 Å². The summed E-state index contributed by atoms with van der Waals surface area (Å²) >= 11 is 0. The van der Waals surface area contributed by atoms with Gasteiger partial charge in [-0.3, -0.25) is 4.79 Å². The molecule has 2 aliphatic heterocycles. The van der Waals surface area contributed by atoms with Gasteiger partial charge in [0.1, 0.15) is 0 Å². The largest absolute Gasteiger partial charge is 0.343 e. The standard InChI is InChI=1S/C22H32N2O/c25-22(17-20-8-12-23(13-9-20)21-6-7-21)24-14-10-19(11-15-24)16-18-4-2-1-3-5-18/h1-5,19-21H,6-17H2. The zero-order valence-corrected chi connectivity index (χ0v) is 15.4. The van der Waals surface area contributed by atoms with Crippen molar-refractivity contribution in [3.05, 3.63) is 35.9 Å². The Morgan fingerprint density at radius 3 is 2.12 bits per heavy atom. The Hall–Kier alpha value is -1.35. The minimum atomic E-state index is 0.419. The Morgan fingerprint density at radius 2 is 1.48 bits per heavy atom. The molecule has 1 aromatic carbocycles. The molecule has 2 saturated heterocycles. The highest BCUT2D eigenvalue weighted by atomic mass is 16.2. The van der Waals surface area contributed by atoms with Crippen LogP contribution in [0.3, 0.4) is 0 Å². The monoisotopic (exact) mass is 340 g/mol. The molecule has 1 aromatic rings. The van der Waals surface area contributed by atoms with Gasteiger partial charge in [0.2, 0.25) is 5.91 Å². The summed E-state index contributed by atoms with van der Waals surface area (Å²) in [4.78, 5) is 17.5. The molecule has 3 fully saturated rings. The molecule has 136 valence electrons. The van der Waals surface area contributed by atoms with Crippen molar-refractivity contribution >= 4 is 5.91 Å². The van der Waals surface area contributed by atoms with Gasteiger partial charge in [0.25, 0.3) is 0 Å². The van der Waals surface area contributed by atoms with Crippen molar-refractivity contribution in [2.75, 3.05) is 26.2 Å². The summed E-state index contributed by atoms with van der Waals surface area (Å²) < 4.78 is 0. The molecule has 0 spiro atoms. The van der Waals surface area contributed by atoms with E-state index in [1.807, 2.05) is 0 Å². The van der Waals surface area contributed by atoms with Gasteiger partial charge in [-0.15, -0.1) is 0 Å². The highest BCUT2D eigenvalue weighted by Crippen LogP contribution is 2.32. The second-order valence-corrected chi connectivity index (χ2v) is 8.43. The summed E-state index contributed by atoms with van der Waals surface area (Å²) in [5.74, 6) is 1.79. The molecule has 3 aliphatic rings. The van der Waals surface area contributed by atoms with E-state index in [0.717, 1.165) is 31.5 Å². The molecule has 0 aromatic heterocycles. The van der Waals surface area contributed by atoms with E-state index in [1.54, 1.807) is 0 Å². The Labute approximate surface area is 152 Å². The first kappa shape index (κ1) is 17.1. The molecule has 0 bridgehead atoms. The summed E-state index contributed by atoms with van der Waals surface area (Å²) in [5.41, 5.74) is 1.44. The highest BCUT2D eigenvalue weighted by Gasteiger charge is 2.33. The topological polar surface area (TPSA) is 23.6 Å². The van der Waals surface area contributed by atoms with Crippen molar-refractivity contribution in [1.82, 2.24) is 9.80 Å². The van der Waals surface area contributed by atoms with E-state index in [9.17, 15) is 4.79 Å². The average molecular weight is 341 g/mol. The lowest BCUT2D eigenvalue weighted by molar-refractivity contribution is -0.134. The number of amides is 1. The molecule has 1 aliphatic carbocycles. The van der Waals surface area contributed by atoms with Crippen LogP contribution in [0.15, 0.2) is 30.3 Å². The van der Waals surface area contributed by atoms with Gasteiger partial charge in [-0.25, -0.2) is 0 Å². The maximum absolute atomic E-state index is 12.7. The first-order valence-corrected chi connectivity index (χ1v) is 10.3. The Balaban J connectivity index is 1.18. The molecular formula is C22H32N2O. The number of likely N-dealkylation sites (tertiary alicyclic amines) is 2. The third kappa shape index (κ3) is 4.63. The van der Waals surface area contributed by atoms with Crippen LogP contribution in [-0.2, 0) is 11.2 Å². The number of rotatable bonds is 5. The fourth-order valence-corrected chi connectivity index (χ4v) is 4.67. The molecule has 4 rings (SSSR count). The van der Waals surface area contributed by atoms with Crippen molar-refractivity contribution < 1.29 is 4.79 Å². The van der Waals surface area contributed by atoms with Crippen molar-refractivity contribution in [3.8, 4) is 0 Å². The molecule has 3 heteroatoms. The van der Waals surface area contributed by atoms with Gasteiger partial charge in [-0.05, 0) is 75.4 Å². The maximum atomic E-state index is 12.7. The quantitative estimate of drug-likeness (QED) is 0.815. The highest BCUT2D eigenvalue weighted by molar-refractivity contribution is 5.76. The van der Waals surface area contributed by atoms with Crippen LogP contribution in [0, 0.1) is 11.8 Å². The zero-order chi connectivity index (χ0) is 17.1. The Bertz CT molecular complexity index is 553. The molecule has 3 nitrogen and oxygen atoms in total. The second kappa shape index (κ2) is 7.90. The van der Waals surface area contributed by atoms with E-state index in [4.69, 9.17) is 0 Å². The van der Waals surface area contributed by atoms with E-state index >= 15 is 0 Å². The lowest BCUT2D eigenvalue weighted by atomic mass is 9.89. The van der Waals surface area contributed by atoms with Crippen LogP contribution in [0.1, 0.15) is 50.5 Å². The van der Waals surface area contributed by atoms with Gasteiger partial charge < -0.3 is 9.80 Å². The molecule has 1 amide bonds. The fraction of sp³-hybridized carbons (Fsp3) is 0.682. The summed E-state index contributed by atoms with van der Waals surface area (Å²) in [5, 5.41) is 0. The number of piperidine rings is 2. The van der Waals surface area contributed by atoms with Crippen LogP contribution in [-0.4, -0.2) is 47.9 Å². The molecular weight excluding hydrogens is 308 g/mol. The van der Waals surface area contributed by atoms with Gasteiger partial charge in [0, 0.05) is 25.6 Å². The lowest BCUT2D eigenvalue weighted by Gasteiger charge is -2.35. The zero-order valence-electron chi connectivity index (χ0n) is 15.4. The lowest BCUT2D eigenvalue weighted by Crippen LogP contribution is -2.41. The minimum Gasteiger partial charge on any atom is -0.343 e. The molecule has 2 heterocycles. The van der Waals surface area contributed by atoms with Gasteiger partial charge in [0.15, 0.2) is 0 Å². The summed E-state index contributed by atoms with van der Waals surface area (Å²) in [6.07, 6.45) is 9.56. The number of hydrogen-bond acceptors (Lipinski definition) is 2. The van der Waals surface area contributed by atoms with E-state index in [0.29, 0.717) is 11.8 Å². The van der Waals surface area contributed by atoms with Gasteiger partial charge in [0.05, 0.1) is 0 Å². The second-order valence-electron chi connectivity index (χ2n) is 8.43. The van der Waals surface area contributed by atoms with E-state index in [-0.39, 0.29) is 0 Å². The molecule has 0 atom stereocenters. The van der Waals surface area contributed by atoms with Crippen LogP contribution in [0.5, 0.6) is 0 Å². The Kier molecular flexibility index (Phi) is 5.40. The van der Waals surface area contributed by atoms with Crippen LogP contribution in [0.25, 0.3) is 0 Å². The predicted molar refractivity (Wildman–Crippen MR) is 101 cm³/mol. The Morgan fingerprint density at radius 1 is 0.840 bits per heavy atom. The smallest absolute Gasteiger partial charge is 0.222 e. The summed E-state index contributed by atoms with van der Waals surface area (Å²) in [6.45, 7) is 4.39. The van der Waals surface area contributed by atoms with Crippen LogP contribution in [0.2, 0.25) is 0 Å². The van der Waals surface area contributed by atoms with Crippen LogP contribution in [0.4, 0.5) is 0 Å². The maximum Gasteiger partial charge on any atom is 0.222 e. The number of nitrogens with zero attached hydrogens (tertiary/aromatic N) is 2. The third-order valence-corrected chi connectivity index (χ3v) is 6.51. The number of hydrogen-bond donors (Lipinski definition) is 0. The molecule has 1 saturated carbocycles. The normalized spacial score (nSPS) is 23.8. The first-order chi connectivity index (χ1) is 12.3. The molecule has 0 unspecified atom stereocenters. The third-order valence-electron chi connectivity index (χ3n) is 6.51. The van der Waals surface area contributed by atoms with Gasteiger partial charge >= 0.3 is 0 Å². The minimum absolute atomic E-state index is 0.419. The SMILES string of the molecule is O=C(CC1CCN(C2CC2)CC1)N1CCC(Cc2ccccc2)CC1. The van der Waals surface area contributed by atoms with Crippen LogP contribution >= 0.6 is 0 Å². The fourth-order valence-electron chi connectivity index (χ4n) is 4.67. The van der Waals surface area contributed by atoms with Gasteiger partial charge in [-0.1, -0.05) is 30.3 Å². The van der Waals surface area contributed by atoms with Crippen molar-refractivity contribution in [1.29, 1.82) is 0 Å².